The Labute approximate surface area is 202 Å². The second-order valence-electron chi connectivity index (χ2n) is 7.06. The van der Waals surface area contributed by atoms with Gasteiger partial charge in [-0.25, -0.2) is 18.1 Å². The Morgan fingerprint density at radius 2 is 1.80 bits per heavy atom. The average molecular weight is 508 g/mol. The molecule has 0 atom stereocenters. The number of hydrogen-bond acceptors (Lipinski definition) is 8. The van der Waals surface area contributed by atoms with Crippen LogP contribution in [-0.4, -0.2) is 47.9 Å². The highest BCUT2D eigenvalue weighted by atomic mass is 35.5. The Morgan fingerprint density at radius 3 is 2.46 bits per heavy atom. The normalized spacial score (nSPS) is 10.9. The molecule has 4 aromatic rings. The summed E-state index contributed by atoms with van der Waals surface area (Å²) < 4.78 is 50.9. The molecule has 4 rings (SSSR count). The van der Waals surface area contributed by atoms with Gasteiger partial charge in [0, 0.05) is 19.2 Å². The number of fused-ring (bicyclic) bond motifs is 1. The van der Waals surface area contributed by atoms with E-state index >= 15 is 0 Å². The molecule has 0 aliphatic heterocycles. The summed E-state index contributed by atoms with van der Waals surface area (Å²) in [5.74, 6) is -1.39. The summed E-state index contributed by atoms with van der Waals surface area (Å²) in [6, 6.07) is 5.10. The summed E-state index contributed by atoms with van der Waals surface area (Å²) in [5.41, 5.74) is -0.0872. The van der Waals surface area contributed by atoms with Crippen LogP contribution in [0, 0.1) is 11.6 Å². The van der Waals surface area contributed by atoms with Crippen LogP contribution in [-0.2, 0) is 6.61 Å². The highest BCUT2D eigenvalue weighted by Gasteiger charge is 2.22. The van der Waals surface area contributed by atoms with Gasteiger partial charge in [-0.15, -0.1) is 0 Å². The molecule has 10 nitrogen and oxygen atoms in total. The van der Waals surface area contributed by atoms with Gasteiger partial charge in [-0.3, -0.25) is 4.98 Å². The lowest BCUT2D eigenvalue weighted by atomic mass is 10.2. The number of hydrogen-bond donors (Lipinski definition) is 2. The van der Waals surface area contributed by atoms with Gasteiger partial charge in [0.2, 0.25) is 11.8 Å². The zero-order valence-corrected chi connectivity index (χ0v) is 19.8. The minimum Gasteiger partial charge on any atom is -0.496 e. The van der Waals surface area contributed by atoms with Gasteiger partial charge in [0.1, 0.15) is 17.9 Å². The zero-order valence-electron chi connectivity index (χ0n) is 19.0. The quantitative estimate of drug-likeness (QED) is 0.371. The van der Waals surface area contributed by atoms with Crippen molar-refractivity contribution in [1.82, 2.24) is 19.5 Å². The van der Waals surface area contributed by atoms with Gasteiger partial charge in [0.05, 0.1) is 37.6 Å². The van der Waals surface area contributed by atoms with Crippen LogP contribution in [0.25, 0.3) is 16.9 Å². The topological polar surface area (TPSA) is 113 Å². The molecular weight excluding hydrogens is 488 g/mol. The zero-order chi connectivity index (χ0) is 25.3. The number of halogens is 3. The molecule has 2 N–H and O–H groups in total. The average Bonchev–Trinajstić information content (AvgIpc) is 3.19. The molecule has 0 bridgehead atoms. The molecule has 0 radical (unpaired) electrons. The number of nitrogens with zero attached hydrogens (tertiary/aromatic N) is 3. The minimum atomic E-state index is -1.10. The van der Waals surface area contributed by atoms with Crippen LogP contribution >= 0.6 is 11.6 Å². The predicted molar refractivity (Wildman–Crippen MR) is 124 cm³/mol. The van der Waals surface area contributed by atoms with Crippen LogP contribution in [0.5, 0.6) is 23.1 Å². The van der Waals surface area contributed by atoms with Gasteiger partial charge in [-0.1, -0.05) is 11.6 Å². The van der Waals surface area contributed by atoms with E-state index in [0.717, 1.165) is 6.07 Å². The third-order valence-corrected chi connectivity index (χ3v) is 5.44. The van der Waals surface area contributed by atoms with Crippen molar-refractivity contribution < 1.29 is 27.7 Å². The Bertz CT molecular complexity index is 1470. The summed E-state index contributed by atoms with van der Waals surface area (Å²) in [7, 11) is 5.73. The smallest absolute Gasteiger partial charge is 0.332 e. The number of ether oxygens (including phenoxy) is 4. The Kier molecular flexibility index (Phi) is 6.65. The van der Waals surface area contributed by atoms with Crippen molar-refractivity contribution in [2.24, 2.45) is 0 Å². The van der Waals surface area contributed by atoms with Crippen LogP contribution in [0.2, 0.25) is 5.02 Å². The summed E-state index contributed by atoms with van der Waals surface area (Å²) in [4.78, 5) is 24.1. The van der Waals surface area contributed by atoms with E-state index in [1.807, 2.05) is 0 Å². The van der Waals surface area contributed by atoms with E-state index in [9.17, 15) is 13.6 Å². The minimum absolute atomic E-state index is 0.105. The molecule has 0 amide bonds. The first-order valence-electron chi connectivity index (χ1n) is 10.1. The number of rotatable bonds is 8. The number of nitrogens with one attached hydrogen (secondary N) is 2. The van der Waals surface area contributed by atoms with E-state index in [-0.39, 0.29) is 56.5 Å². The fourth-order valence-corrected chi connectivity index (χ4v) is 3.70. The van der Waals surface area contributed by atoms with E-state index < -0.39 is 23.9 Å². The van der Waals surface area contributed by atoms with Crippen molar-refractivity contribution in [3.8, 4) is 28.8 Å². The Hall–Kier alpha value is -4.06. The highest BCUT2D eigenvalue weighted by Crippen LogP contribution is 2.37. The van der Waals surface area contributed by atoms with E-state index in [4.69, 9.17) is 30.5 Å². The largest absolute Gasteiger partial charge is 0.496 e. The number of aromatic nitrogens is 4. The molecule has 2 aromatic carbocycles. The third-order valence-electron chi connectivity index (χ3n) is 5.14. The first-order valence-corrected chi connectivity index (χ1v) is 10.5. The fourth-order valence-electron chi connectivity index (χ4n) is 3.46. The maximum Gasteiger partial charge on any atom is 0.332 e. The van der Waals surface area contributed by atoms with E-state index in [2.05, 4.69) is 20.3 Å². The summed E-state index contributed by atoms with van der Waals surface area (Å²) in [6.45, 7) is -0.396. The van der Waals surface area contributed by atoms with Crippen LogP contribution in [0.4, 0.5) is 14.7 Å². The molecule has 0 aliphatic rings. The van der Waals surface area contributed by atoms with Gasteiger partial charge >= 0.3 is 5.69 Å². The molecule has 0 saturated carbocycles. The van der Waals surface area contributed by atoms with Gasteiger partial charge < -0.3 is 24.3 Å². The van der Waals surface area contributed by atoms with E-state index in [1.54, 1.807) is 7.05 Å². The van der Waals surface area contributed by atoms with Gasteiger partial charge in [0.25, 0.3) is 0 Å². The molecule has 2 aromatic heterocycles. The third kappa shape index (κ3) is 4.28. The van der Waals surface area contributed by atoms with Crippen LogP contribution < -0.4 is 30.0 Å². The maximum absolute atomic E-state index is 14.4. The van der Waals surface area contributed by atoms with Crippen LogP contribution in [0.1, 0.15) is 5.56 Å². The molecule has 0 spiro atoms. The lowest BCUT2D eigenvalue weighted by Gasteiger charge is -2.16. The molecule has 0 aliphatic carbocycles. The molecule has 0 unspecified atom stereocenters. The van der Waals surface area contributed by atoms with E-state index in [1.165, 1.54) is 44.1 Å². The predicted octanol–water partition coefficient (Wildman–Crippen LogP) is 3.69. The highest BCUT2D eigenvalue weighted by molar-refractivity contribution is 6.32. The molecule has 2 heterocycles. The van der Waals surface area contributed by atoms with Crippen LogP contribution in [0.3, 0.4) is 0 Å². The van der Waals surface area contributed by atoms with Crippen LogP contribution in [0.15, 0.2) is 29.1 Å². The first kappa shape index (κ1) is 24.1. The lowest BCUT2D eigenvalue weighted by molar-refractivity contribution is 0.270. The summed E-state index contributed by atoms with van der Waals surface area (Å²) in [5, 5.41) is 2.93. The maximum atomic E-state index is 14.4. The molecule has 35 heavy (non-hydrogen) atoms. The standard InChI is InChI=1S/C22H20ClF2N5O5/c1-26-21-28-19-18(20(29-21)34-4)27-22(31)30(19)13-8-16(15(33-3)7-11(13)23)35-9-10-14(32-2)6-5-12(24)17(10)25/h5-8H,9H2,1-4H3,(H,27,31)(H,26,28,29). The SMILES string of the molecule is CNc1nc(OC)c2[nH]c(=O)n(-c3cc(OCc4c(OC)ccc(F)c4F)c(OC)cc3Cl)c2n1. The number of H-pyrrole nitrogens is 1. The Balaban J connectivity index is 1.84. The van der Waals surface area contributed by atoms with E-state index in [0.29, 0.717) is 0 Å². The van der Waals surface area contributed by atoms with Crippen molar-refractivity contribution in [3.63, 3.8) is 0 Å². The number of aromatic amines is 1. The van der Waals surface area contributed by atoms with Crippen molar-refractivity contribution in [1.29, 1.82) is 0 Å². The van der Waals surface area contributed by atoms with Gasteiger partial charge in [-0.05, 0) is 12.1 Å². The molecule has 0 fully saturated rings. The van der Waals surface area contributed by atoms with Crippen molar-refractivity contribution >= 4 is 28.7 Å². The number of imidazole rings is 1. The van der Waals surface area contributed by atoms with Crippen molar-refractivity contribution in [3.05, 3.63) is 57.0 Å². The Morgan fingerprint density at radius 1 is 1.06 bits per heavy atom. The second-order valence-corrected chi connectivity index (χ2v) is 7.46. The van der Waals surface area contributed by atoms with Gasteiger partial charge in [-0.2, -0.15) is 9.97 Å². The lowest BCUT2D eigenvalue weighted by Crippen LogP contribution is -2.16. The number of methoxy groups -OCH3 is 3. The molecule has 0 saturated heterocycles. The monoisotopic (exact) mass is 507 g/mol. The second kappa shape index (κ2) is 9.66. The van der Waals surface area contributed by atoms with Crippen molar-refractivity contribution in [2.45, 2.75) is 6.61 Å². The molecule has 13 heteroatoms. The summed E-state index contributed by atoms with van der Waals surface area (Å²) in [6.07, 6.45) is 0. The molecule has 184 valence electrons. The van der Waals surface area contributed by atoms with Crippen molar-refractivity contribution in [2.75, 3.05) is 33.7 Å². The van der Waals surface area contributed by atoms with Gasteiger partial charge in [0.15, 0.2) is 28.8 Å². The number of anilines is 1. The number of benzene rings is 2. The summed E-state index contributed by atoms with van der Waals surface area (Å²) >= 11 is 6.47. The fraction of sp³-hybridized carbons (Fsp3) is 0.227. The molecular formula is C22H20ClF2N5O5. The first-order chi connectivity index (χ1) is 16.8.